The number of benzene rings is 1. The number of carboxylic acid groups (broad SMARTS) is 10. The molecule has 25 N–H and O–H groups in total. The summed E-state index contributed by atoms with van der Waals surface area (Å²) in [6.45, 7) is 0. The first-order valence-electron chi connectivity index (χ1n) is 27.0. The average molecular weight is 1350 g/mol. The Hall–Kier alpha value is -12.4. The molecule has 95 heavy (non-hydrogen) atoms. The molecular weight excluding hydrogens is 1290 g/mol. The highest BCUT2D eigenvalue weighted by Gasteiger charge is 2.40. The van der Waals surface area contributed by atoms with Crippen LogP contribution in [0.5, 0.6) is 0 Å². The number of aliphatic carboxylic acids is 10. The van der Waals surface area contributed by atoms with Gasteiger partial charge in [0.15, 0.2) is 0 Å². The van der Waals surface area contributed by atoms with Crippen molar-refractivity contribution < 1.29 is 152 Å². The molecule has 0 saturated heterocycles. The van der Waals surface area contributed by atoms with Gasteiger partial charge in [0.2, 0.25) is 65.0 Å². The first-order valence-corrected chi connectivity index (χ1v) is 27.0. The minimum Gasteiger partial charge on any atom is -0.481 e. The molecule has 0 bridgehead atoms. The van der Waals surface area contributed by atoms with Crippen LogP contribution < -0.4 is 64.6 Å². The molecule has 11 atom stereocenters. The van der Waals surface area contributed by atoms with Crippen LogP contribution in [0, 0.1) is 0 Å². The van der Waals surface area contributed by atoms with E-state index in [4.69, 9.17) is 11.5 Å². The number of nitrogens with two attached hydrogens (primary N) is 2. The van der Waals surface area contributed by atoms with Crippen molar-refractivity contribution >= 4 is 136 Å². The number of carbonyl (C=O) groups excluding carboxylic acids is 11. The molecule has 0 fully saturated rings. The summed E-state index contributed by atoms with van der Waals surface area (Å²) in [6, 6.07) is -18.8. The van der Waals surface area contributed by atoms with Gasteiger partial charge in [0.05, 0.1) is 70.3 Å². The van der Waals surface area contributed by atoms with Crippen LogP contribution in [0.2, 0.25) is 0 Å². The first-order chi connectivity index (χ1) is 44.2. The lowest BCUT2D eigenvalue weighted by Gasteiger charge is -2.27. The largest absolute Gasteiger partial charge is 0.481 e. The summed E-state index contributed by atoms with van der Waals surface area (Å²) < 4.78 is 0. The Morgan fingerprint density at radius 2 is 0.526 bits per heavy atom. The first kappa shape index (κ1) is 78.7. The quantitative estimate of drug-likeness (QED) is 0.0293. The Morgan fingerprint density at radius 3 is 0.737 bits per heavy atom. The summed E-state index contributed by atoms with van der Waals surface area (Å²) in [7, 11) is 0. The Labute approximate surface area is 529 Å². The summed E-state index contributed by atoms with van der Waals surface area (Å²) in [6.07, 6.45) is -13.1. The molecule has 518 valence electrons. The maximum atomic E-state index is 13.7. The van der Waals surface area contributed by atoms with Crippen LogP contribution in [-0.4, -0.2) is 247 Å². The molecule has 1 heterocycles. The number of hydrogen-bond acceptors (Lipinski definition) is 22. The SMILES string of the molecule is NC(=O)C[C@H](NC(=O)[C@H](CC(=O)O)NC(=O)[C@H](CC(=O)O)NC(=O)[C@H](CC(=O)O)NC(=O)[C@H](CC(=O)O)NC(=O)[C@H](CC(=O)O)NC(=O)[C@H](CC(=O)O)NC(=O)[C@H](CC(=O)O)NC(=O)[C@H](CC(=O)O)NC(=O)[C@H](CC(=O)O)NC(=O)[C@@H](N)Cc1c[nH]c2ccccc12)C(=O)O. The summed E-state index contributed by atoms with van der Waals surface area (Å²) in [5, 5.41) is 114. The van der Waals surface area contributed by atoms with Gasteiger partial charge in [-0.05, 0) is 18.1 Å². The van der Waals surface area contributed by atoms with E-state index >= 15 is 0 Å². The predicted molar refractivity (Wildman–Crippen MR) is 301 cm³/mol. The molecular formula is C51H63N13O31. The molecule has 44 heteroatoms. The molecule has 1 aromatic heterocycles. The number of para-hydroxylation sites is 1. The number of carboxylic acids is 10. The zero-order chi connectivity index (χ0) is 72.3. The molecule has 0 aliphatic heterocycles. The van der Waals surface area contributed by atoms with Crippen molar-refractivity contribution in [2.24, 2.45) is 11.5 Å². The van der Waals surface area contributed by atoms with E-state index < -0.39 is 255 Å². The standard InChI is InChI=1S/C51H63N13O31/c52-19(5-17-16-54-20-4-2-1-3-18(17)20)41(84)55-21(7-32(66)67)42(85)56-22(8-33(68)69)43(86)57-23(9-34(70)71)44(87)58-24(10-35(72)73)45(88)59-25(11-36(74)75)46(89)60-26(12-37(76)77)47(90)61-27(13-38(78)79)48(91)62-28(14-39(80)81)49(92)63-29(15-40(82)83)50(93)64-30(51(94)95)6-31(53)65/h1-4,16,19,21-30,54H,5-15,52H2,(H2,53,65)(H,55,84)(H,56,85)(H,57,86)(H,58,87)(H,59,88)(H,60,89)(H,61,90)(H,62,91)(H,63,92)(H,64,93)(H,66,67)(H,68,69)(H,70,71)(H,72,73)(H,74,75)(H,76,77)(H,78,79)(H,80,81)(H,82,83)(H,94,95)/t19-,21-,22-,23-,24-,25-,26-,27-,28-,29-,30-/m0/s1. The van der Waals surface area contributed by atoms with Gasteiger partial charge in [0.25, 0.3) is 0 Å². The fourth-order valence-corrected chi connectivity index (χ4v) is 8.22. The minimum atomic E-state index is -2.59. The molecule has 2 rings (SSSR count). The third-order valence-electron chi connectivity index (χ3n) is 12.6. The lowest BCUT2D eigenvalue weighted by atomic mass is 10.0. The Bertz CT molecular complexity index is 3370. The van der Waals surface area contributed by atoms with Crippen molar-refractivity contribution in [3.63, 3.8) is 0 Å². The van der Waals surface area contributed by atoms with Crippen molar-refractivity contribution in [1.29, 1.82) is 0 Å². The summed E-state index contributed by atoms with van der Waals surface area (Å²) in [4.78, 5) is 267. The van der Waals surface area contributed by atoms with Crippen LogP contribution in [0.4, 0.5) is 0 Å². The number of aromatic amines is 1. The van der Waals surface area contributed by atoms with Crippen LogP contribution in [0.25, 0.3) is 10.9 Å². The van der Waals surface area contributed by atoms with Crippen molar-refractivity contribution in [1.82, 2.24) is 58.2 Å². The lowest BCUT2D eigenvalue weighted by molar-refractivity contribution is -0.146. The van der Waals surface area contributed by atoms with Crippen molar-refractivity contribution in [2.45, 2.75) is 137 Å². The molecule has 0 aliphatic rings. The molecule has 0 saturated carbocycles. The van der Waals surface area contributed by atoms with Gasteiger partial charge in [-0.25, -0.2) is 4.79 Å². The van der Waals surface area contributed by atoms with Gasteiger partial charge in [-0.1, -0.05) is 18.2 Å². The summed E-state index contributed by atoms with van der Waals surface area (Å²) in [5.74, 6) is -37.7. The Kier molecular flexibility index (Phi) is 30.7. The van der Waals surface area contributed by atoms with E-state index in [0.717, 1.165) is 0 Å². The van der Waals surface area contributed by atoms with Crippen LogP contribution in [0.1, 0.15) is 69.8 Å². The summed E-state index contributed by atoms with van der Waals surface area (Å²) >= 11 is 0. The van der Waals surface area contributed by atoms with Gasteiger partial charge < -0.3 is 121 Å². The maximum Gasteiger partial charge on any atom is 0.326 e. The van der Waals surface area contributed by atoms with Crippen molar-refractivity contribution in [2.75, 3.05) is 0 Å². The topological polar surface area (TPSA) is 749 Å². The number of H-pyrrole nitrogens is 1. The maximum absolute atomic E-state index is 13.7. The normalized spacial score (nSPS) is 14.2. The monoisotopic (exact) mass is 1350 g/mol. The molecule has 44 nitrogen and oxygen atoms in total. The molecule has 1 aromatic carbocycles. The second-order valence-electron chi connectivity index (χ2n) is 20.2. The van der Waals surface area contributed by atoms with Gasteiger partial charge in [0, 0.05) is 17.1 Å². The zero-order valence-corrected chi connectivity index (χ0v) is 48.7. The third-order valence-corrected chi connectivity index (χ3v) is 12.6. The van der Waals surface area contributed by atoms with E-state index in [2.05, 4.69) is 10.3 Å². The smallest absolute Gasteiger partial charge is 0.326 e. The van der Waals surface area contributed by atoms with E-state index in [9.17, 15) is 152 Å². The highest BCUT2D eigenvalue weighted by molar-refractivity contribution is 6.03. The van der Waals surface area contributed by atoms with E-state index in [1.165, 1.54) is 6.20 Å². The molecule has 0 radical (unpaired) electrons. The number of nitrogens with one attached hydrogen (secondary N) is 11. The van der Waals surface area contributed by atoms with Gasteiger partial charge in [-0.2, -0.15) is 0 Å². The number of hydrogen-bond donors (Lipinski definition) is 23. The van der Waals surface area contributed by atoms with E-state index in [-0.39, 0.29) is 6.42 Å². The van der Waals surface area contributed by atoms with Gasteiger partial charge in [-0.15, -0.1) is 0 Å². The molecule has 0 unspecified atom stereocenters. The predicted octanol–water partition coefficient (Wildman–Crippen LogP) is -9.88. The van der Waals surface area contributed by atoms with Crippen molar-refractivity contribution in [3.8, 4) is 0 Å². The number of carbonyl (C=O) groups is 21. The van der Waals surface area contributed by atoms with Crippen LogP contribution in [0.15, 0.2) is 30.5 Å². The zero-order valence-electron chi connectivity index (χ0n) is 48.7. The highest BCUT2D eigenvalue weighted by Crippen LogP contribution is 2.19. The van der Waals surface area contributed by atoms with E-state index in [1.807, 2.05) is 5.32 Å². The molecule has 0 spiro atoms. The summed E-state index contributed by atoms with van der Waals surface area (Å²) in [5.41, 5.74) is 12.2. The number of fused-ring (bicyclic) bond motifs is 1. The van der Waals surface area contributed by atoms with Crippen LogP contribution >= 0.6 is 0 Å². The van der Waals surface area contributed by atoms with Gasteiger partial charge in [0.1, 0.15) is 60.4 Å². The number of rotatable bonds is 43. The van der Waals surface area contributed by atoms with E-state index in [0.29, 0.717) is 16.5 Å². The fraction of sp³-hybridized carbons (Fsp3) is 0.431. The second kappa shape index (κ2) is 37.1. The van der Waals surface area contributed by atoms with E-state index in [1.54, 1.807) is 66.8 Å². The minimum absolute atomic E-state index is 0.178. The number of primary amides is 1. The Morgan fingerprint density at radius 1 is 0.316 bits per heavy atom. The third kappa shape index (κ3) is 28.1. The number of amides is 11. The number of aromatic nitrogens is 1. The fourth-order valence-electron chi connectivity index (χ4n) is 8.22. The average Bonchev–Trinajstić information content (AvgIpc) is 1.78. The van der Waals surface area contributed by atoms with Gasteiger partial charge in [-0.3, -0.25) is 95.9 Å². The molecule has 0 aliphatic carbocycles. The Balaban J connectivity index is 2.43. The van der Waals surface area contributed by atoms with Gasteiger partial charge >= 0.3 is 59.7 Å². The van der Waals surface area contributed by atoms with Crippen molar-refractivity contribution in [3.05, 3.63) is 36.0 Å². The lowest BCUT2D eigenvalue weighted by Crippen LogP contribution is -2.61. The highest BCUT2D eigenvalue weighted by atomic mass is 16.4. The molecule has 2 aromatic rings. The molecule has 11 amide bonds. The second-order valence-corrected chi connectivity index (χ2v) is 20.2. The van der Waals surface area contributed by atoms with Crippen LogP contribution in [0.3, 0.4) is 0 Å². The van der Waals surface area contributed by atoms with Crippen LogP contribution in [-0.2, 0) is 107 Å².